The average Bonchev–Trinajstić information content (AvgIpc) is 2.79. The highest BCUT2D eigenvalue weighted by molar-refractivity contribution is 7.18. The number of nitrogens with zero attached hydrogens (tertiary/aromatic N) is 1. The van der Waals surface area contributed by atoms with Crippen LogP contribution in [-0.4, -0.2) is 18.6 Å². The molecule has 0 saturated heterocycles. The molecule has 0 spiro atoms. The SMILES string of the molecule is COc1ccc2sc(CNCCC=C(C)C)nc2c1. The first-order valence-corrected chi connectivity index (χ1v) is 7.28. The molecule has 0 bridgehead atoms. The molecule has 3 nitrogen and oxygen atoms in total. The highest BCUT2D eigenvalue weighted by atomic mass is 32.1. The number of fused-ring (bicyclic) bond motifs is 1. The van der Waals surface area contributed by atoms with E-state index < -0.39 is 0 Å². The average molecular weight is 276 g/mol. The van der Waals surface area contributed by atoms with Crippen LogP contribution in [0, 0.1) is 0 Å². The number of rotatable bonds is 6. The van der Waals surface area contributed by atoms with Gasteiger partial charge in [-0.1, -0.05) is 11.6 Å². The number of ether oxygens (including phenoxy) is 1. The Morgan fingerprint density at radius 2 is 2.26 bits per heavy atom. The van der Waals surface area contributed by atoms with Gasteiger partial charge in [0, 0.05) is 12.6 Å². The number of thiazole rings is 1. The van der Waals surface area contributed by atoms with Crippen molar-refractivity contribution in [1.82, 2.24) is 10.3 Å². The number of methoxy groups -OCH3 is 1. The minimum absolute atomic E-state index is 0.832. The van der Waals surface area contributed by atoms with Gasteiger partial charge in [0.1, 0.15) is 10.8 Å². The molecule has 0 atom stereocenters. The fraction of sp³-hybridized carbons (Fsp3) is 0.400. The van der Waals surface area contributed by atoms with Crippen molar-refractivity contribution in [2.75, 3.05) is 13.7 Å². The quantitative estimate of drug-likeness (QED) is 0.644. The van der Waals surface area contributed by atoms with Crippen LogP contribution in [0.1, 0.15) is 25.3 Å². The first-order valence-electron chi connectivity index (χ1n) is 6.46. The normalized spacial score (nSPS) is 10.7. The lowest BCUT2D eigenvalue weighted by Crippen LogP contribution is -2.13. The lowest BCUT2D eigenvalue weighted by atomic mass is 10.3. The first-order chi connectivity index (χ1) is 9.19. The zero-order valence-corrected chi connectivity index (χ0v) is 12.5. The van der Waals surface area contributed by atoms with Gasteiger partial charge < -0.3 is 10.1 Å². The van der Waals surface area contributed by atoms with Crippen molar-refractivity contribution in [3.8, 4) is 5.75 Å². The van der Waals surface area contributed by atoms with Gasteiger partial charge in [0.2, 0.25) is 0 Å². The lowest BCUT2D eigenvalue weighted by Gasteiger charge is -1.99. The van der Waals surface area contributed by atoms with Crippen molar-refractivity contribution < 1.29 is 4.74 Å². The van der Waals surface area contributed by atoms with Gasteiger partial charge in [-0.3, -0.25) is 0 Å². The van der Waals surface area contributed by atoms with E-state index in [1.807, 2.05) is 12.1 Å². The number of hydrogen-bond acceptors (Lipinski definition) is 4. The van der Waals surface area contributed by atoms with E-state index >= 15 is 0 Å². The molecule has 0 unspecified atom stereocenters. The second-order valence-corrected chi connectivity index (χ2v) is 5.80. The molecular weight excluding hydrogens is 256 g/mol. The maximum absolute atomic E-state index is 5.21. The maximum atomic E-state index is 5.21. The van der Waals surface area contributed by atoms with Crippen LogP contribution in [0.25, 0.3) is 10.2 Å². The van der Waals surface area contributed by atoms with Gasteiger partial charge in [-0.2, -0.15) is 0 Å². The van der Waals surface area contributed by atoms with Crippen LogP contribution < -0.4 is 10.1 Å². The monoisotopic (exact) mass is 276 g/mol. The topological polar surface area (TPSA) is 34.1 Å². The molecule has 4 heteroatoms. The van der Waals surface area contributed by atoms with Crippen molar-refractivity contribution in [2.45, 2.75) is 26.8 Å². The van der Waals surface area contributed by atoms with Gasteiger partial charge >= 0.3 is 0 Å². The molecule has 1 heterocycles. The Bertz CT molecular complexity index is 571. The van der Waals surface area contributed by atoms with Crippen LogP contribution in [0.3, 0.4) is 0 Å². The molecule has 0 fully saturated rings. The van der Waals surface area contributed by atoms with Crippen LogP contribution >= 0.6 is 11.3 Å². The Balaban J connectivity index is 1.92. The molecule has 0 amide bonds. The van der Waals surface area contributed by atoms with Gasteiger partial charge in [0.25, 0.3) is 0 Å². The molecule has 19 heavy (non-hydrogen) atoms. The number of hydrogen-bond donors (Lipinski definition) is 1. The summed E-state index contributed by atoms with van der Waals surface area (Å²) in [7, 11) is 1.68. The molecule has 0 saturated carbocycles. The van der Waals surface area contributed by atoms with Crippen LogP contribution in [0.2, 0.25) is 0 Å². The second-order valence-electron chi connectivity index (χ2n) is 4.69. The Morgan fingerprint density at radius 3 is 3.00 bits per heavy atom. The van der Waals surface area contributed by atoms with E-state index in [1.165, 1.54) is 10.3 Å². The van der Waals surface area contributed by atoms with Crippen LogP contribution in [0.5, 0.6) is 5.75 Å². The Kier molecular flexibility index (Phi) is 4.93. The molecule has 0 aliphatic heterocycles. The summed E-state index contributed by atoms with van der Waals surface area (Å²) in [6, 6.07) is 6.03. The smallest absolute Gasteiger partial charge is 0.121 e. The molecule has 1 aromatic heterocycles. The predicted octanol–water partition coefficient (Wildman–Crippen LogP) is 3.75. The summed E-state index contributed by atoms with van der Waals surface area (Å²) in [4.78, 5) is 4.61. The van der Waals surface area contributed by atoms with E-state index in [0.29, 0.717) is 0 Å². The van der Waals surface area contributed by atoms with E-state index in [1.54, 1.807) is 18.4 Å². The molecule has 0 radical (unpaired) electrons. The fourth-order valence-electron chi connectivity index (χ4n) is 1.82. The lowest BCUT2D eigenvalue weighted by molar-refractivity contribution is 0.415. The first kappa shape index (κ1) is 14.0. The summed E-state index contributed by atoms with van der Waals surface area (Å²) in [5.74, 6) is 0.862. The predicted molar refractivity (Wildman–Crippen MR) is 81.9 cm³/mol. The number of benzene rings is 1. The highest BCUT2D eigenvalue weighted by Crippen LogP contribution is 2.25. The minimum atomic E-state index is 0.832. The minimum Gasteiger partial charge on any atom is -0.497 e. The highest BCUT2D eigenvalue weighted by Gasteiger charge is 2.04. The van der Waals surface area contributed by atoms with Crippen LogP contribution in [-0.2, 0) is 6.54 Å². The van der Waals surface area contributed by atoms with Crippen molar-refractivity contribution in [2.24, 2.45) is 0 Å². The van der Waals surface area contributed by atoms with E-state index in [9.17, 15) is 0 Å². The Morgan fingerprint density at radius 1 is 1.42 bits per heavy atom. The van der Waals surface area contributed by atoms with Crippen molar-refractivity contribution in [1.29, 1.82) is 0 Å². The van der Waals surface area contributed by atoms with Crippen LogP contribution in [0.4, 0.5) is 0 Å². The van der Waals surface area contributed by atoms with E-state index in [0.717, 1.165) is 35.8 Å². The third kappa shape index (κ3) is 4.04. The summed E-state index contributed by atoms with van der Waals surface area (Å²) in [5, 5.41) is 4.54. The molecule has 2 rings (SSSR count). The van der Waals surface area contributed by atoms with Crippen molar-refractivity contribution >= 4 is 21.6 Å². The maximum Gasteiger partial charge on any atom is 0.121 e. The van der Waals surface area contributed by atoms with Gasteiger partial charge in [-0.25, -0.2) is 4.98 Å². The van der Waals surface area contributed by atoms with Gasteiger partial charge in [0.15, 0.2) is 0 Å². The van der Waals surface area contributed by atoms with Crippen LogP contribution in [0.15, 0.2) is 29.8 Å². The summed E-state index contributed by atoms with van der Waals surface area (Å²) < 4.78 is 6.42. The third-order valence-corrected chi connectivity index (χ3v) is 3.83. The zero-order valence-electron chi connectivity index (χ0n) is 11.7. The third-order valence-electron chi connectivity index (χ3n) is 2.79. The molecule has 0 aliphatic carbocycles. The van der Waals surface area contributed by atoms with Crippen molar-refractivity contribution in [3.63, 3.8) is 0 Å². The van der Waals surface area contributed by atoms with Gasteiger partial charge in [0.05, 0.1) is 17.3 Å². The number of aromatic nitrogens is 1. The molecule has 102 valence electrons. The molecule has 2 aromatic rings. The summed E-state index contributed by atoms with van der Waals surface area (Å²) in [5.41, 5.74) is 2.39. The van der Waals surface area contributed by atoms with Crippen molar-refractivity contribution in [3.05, 3.63) is 34.9 Å². The van der Waals surface area contributed by atoms with Gasteiger partial charge in [-0.05, 0) is 38.9 Å². The Hall–Kier alpha value is -1.39. The Labute approximate surface area is 118 Å². The second kappa shape index (κ2) is 6.68. The van der Waals surface area contributed by atoms with E-state index in [2.05, 4.69) is 36.3 Å². The number of allylic oxidation sites excluding steroid dienone is 1. The summed E-state index contributed by atoms with van der Waals surface area (Å²) in [6.07, 6.45) is 3.32. The van der Waals surface area contributed by atoms with E-state index in [-0.39, 0.29) is 0 Å². The molecule has 0 aliphatic rings. The molecule has 1 aromatic carbocycles. The largest absolute Gasteiger partial charge is 0.497 e. The molecular formula is C15H20N2OS. The fourth-order valence-corrected chi connectivity index (χ4v) is 2.73. The zero-order chi connectivity index (χ0) is 13.7. The van der Waals surface area contributed by atoms with Gasteiger partial charge in [-0.15, -0.1) is 11.3 Å². The standard InChI is InChI=1S/C15H20N2OS/c1-11(2)5-4-8-16-10-15-17-13-9-12(18-3)6-7-14(13)19-15/h5-7,9,16H,4,8,10H2,1-3H3. The summed E-state index contributed by atoms with van der Waals surface area (Å²) in [6.45, 7) is 6.07. The number of nitrogens with one attached hydrogen (secondary N) is 1. The summed E-state index contributed by atoms with van der Waals surface area (Å²) >= 11 is 1.74. The van der Waals surface area contributed by atoms with E-state index in [4.69, 9.17) is 4.74 Å². The molecule has 1 N–H and O–H groups in total.